The van der Waals surface area contributed by atoms with Crippen molar-refractivity contribution in [2.45, 2.75) is 38.6 Å². The van der Waals surface area contributed by atoms with Crippen molar-refractivity contribution in [2.24, 2.45) is 4.99 Å². The second kappa shape index (κ2) is 9.46. The zero-order valence-corrected chi connectivity index (χ0v) is 14.8. The van der Waals surface area contributed by atoms with Crippen LogP contribution in [0, 0.1) is 0 Å². The van der Waals surface area contributed by atoms with E-state index in [2.05, 4.69) is 32.8 Å². The van der Waals surface area contributed by atoms with Gasteiger partial charge in [-0.15, -0.1) is 0 Å². The van der Waals surface area contributed by atoms with E-state index in [1.165, 1.54) is 24.3 Å². The predicted octanol–water partition coefficient (Wildman–Crippen LogP) is -0.0323. The van der Waals surface area contributed by atoms with Gasteiger partial charge in [-0.05, 0) is 25.8 Å². The molecule has 2 aliphatic rings. The van der Waals surface area contributed by atoms with Crippen LogP contribution in [0.4, 0.5) is 4.79 Å². The van der Waals surface area contributed by atoms with Crippen LogP contribution >= 0.6 is 0 Å². The van der Waals surface area contributed by atoms with Gasteiger partial charge in [-0.1, -0.05) is 13.3 Å². The van der Waals surface area contributed by atoms with E-state index in [0.717, 1.165) is 31.9 Å². The zero-order chi connectivity index (χ0) is 17.4. The molecule has 8 nitrogen and oxygen atoms in total. The molecule has 8 heteroatoms. The number of guanidine groups is 1. The number of hydrogen-bond acceptors (Lipinski definition) is 4. The summed E-state index contributed by atoms with van der Waals surface area (Å²) in [6.07, 6.45) is 4.73. The van der Waals surface area contributed by atoms with Gasteiger partial charge < -0.3 is 20.9 Å². The van der Waals surface area contributed by atoms with Crippen LogP contribution in [0.1, 0.15) is 32.6 Å². The van der Waals surface area contributed by atoms with Crippen LogP contribution in [0.3, 0.4) is 0 Å². The van der Waals surface area contributed by atoms with E-state index in [0.29, 0.717) is 19.1 Å². The van der Waals surface area contributed by atoms with Gasteiger partial charge in [0.25, 0.3) is 0 Å². The summed E-state index contributed by atoms with van der Waals surface area (Å²) in [5, 5.41) is 9.13. The molecule has 2 aliphatic heterocycles. The standard InChI is InChI=1S/C16H30N6O2/c1-3-4-8-21-9-5-13(6-10-21)20-15(17-2)18-7-11-22-14(23)12-19-16(22)24/h13H,3-12H2,1-2H3,(H,19,24)(H2,17,18,20). The molecule has 3 N–H and O–H groups in total. The van der Waals surface area contributed by atoms with Crippen LogP contribution < -0.4 is 16.0 Å². The minimum absolute atomic E-state index is 0.0996. The van der Waals surface area contributed by atoms with Gasteiger partial charge in [-0.25, -0.2) is 4.79 Å². The number of carbonyl (C=O) groups excluding carboxylic acids is 2. The van der Waals surface area contributed by atoms with Gasteiger partial charge in [0.2, 0.25) is 5.91 Å². The number of nitrogens with zero attached hydrogens (tertiary/aromatic N) is 3. The number of urea groups is 1. The van der Waals surface area contributed by atoms with Gasteiger partial charge in [0.05, 0.1) is 6.54 Å². The maximum Gasteiger partial charge on any atom is 0.324 e. The second-order valence-electron chi connectivity index (χ2n) is 6.32. The highest BCUT2D eigenvalue weighted by Gasteiger charge is 2.27. The Bertz CT molecular complexity index is 443. The number of carbonyl (C=O) groups is 2. The third-order valence-electron chi connectivity index (χ3n) is 4.54. The lowest BCUT2D eigenvalue weighted by molar-refractivity contribution is -0.124. The minimum atomic E-state index is -0.316. The number of imide groups is 1. The Morgan fingerprint density at radius 3 is 2.62 bits per heavy atom. The summed E-state index contributed by atoms with van der Waals surface area (Å²) in [7, 11) is 1.74. The second-order valence-corrected chi connectivity index (χ2v) is 6.32. The van der Waals surface area contributed by atoms with E-state index < -0.39 is 0 Å². The van der Waals surface area contributed by atoms with Crippen molar-refractivity contribution >= 4 is 17.9 Å². The molecule has 0 bridgehead atoms. The normalized spacial score (nSPS) is 20.4. The van der Waals surface area contributed by atoms with Gasteiger partial charge in [-0.3, -0.25) is 14.7 Å². The van der Waals surface area contributed by atoms with Crippen molar-refractivity contribution in [1.82, 2.24) is 25.8 Å². The van der Waals surface area contributed by atoms with Crippen molar-refractivity contribution < 1.29 is 9.59 Å². The van der Waals surface area contributed by atoms with E-state index >= 15 is 0 Å². The number of aliphatic imine (C=N–C) groups is 1. The Morgan fingerprint density at radius 1 is 1.29 bits per heavy atom. The zero-order valence-electron chi connectivity index (χ0n) is 14.8. The first-order valence-corrected chi connectivity index (χ1v) is 8.91. The molecular formula is C16H30N6O2. The summed E-state index contributed by atoms with van der Waals surface area (Å²) in [5.41, 5.74) is 0. The predicted molar refractivity (Wildman–Crippen MR) is 94.0 cm³/mol. The molecule has 2 rings (SSSR count). The maximum absolute atomic E-state index is 11.5. The highest BCUT2D eigenvalue weighted by atomic mass is 16.2. The van der Waals surface area contributed by atoms with Crippen molar-refractivity contribution in [3.63, 3.8) is 0 Å². The summed E-state index contributed by atoms with van der Waals surface area (Å²) in [6, 6.07) is 0.106. The van der Waals surface area contributed by atoms with Gasteiger partial charge in [0.1, 0.15) is 0 Å². The molecule has 0 atom stereocenters. The average molecular weight is 338 g/mol. The van der Waals surface area contributed by atoms with Crippen LogP contribution in [-0.4, -0.2) is 80.1 Å². The van der Waals surface area contributed by atoms with E-state index in [-0.39, 0.29) is 18.5 Å². The third-order valence-corrected chi connectivity index (χ3v) is 4.54. The summed E-state index contributed by atoms with van der Waals surface area (Å²) in [5.74, 6) is 0.554. The molecule has 3 amide bonds. The summed E-state index contributed by atoms with van der Waals surface area (Å²) >= 11 is 0. The van der Waals surface area contributed by atoms with Gasteiger partial charge >= 0.3 is 6.03 Å². The molecule has 0 aliphatic carbocycles. The molecule has 0 aromatic heterocycles. The molecule has 2 fully saturated rings. The van der Waals surface area contributed by atoms with Crippen LogP contribution in [0.5, 0.6) is 0 Å². The van der Waals surface area contributed by atoms with Crippen molar-refractivity contribution in [2.75, 3.05) is 46.3 Å². The Balaban J connectivity index is 1.66. The molecule has 0 spiro atoms. The fraction of sp³-hybridized carbons (Fsp3) is 0.812. The molecule has 2 saturated heterocycles. The van der Waals surface area contributed by atoms with Crippen LogP contribution in [-0.2, 0) is 4.79 Å². The summed E-state index contributed by atoms with van der Waals surface area (Å²) in [4.78, 5) is 31.0. The van der Waals surface area contributed by atoms with Gasteiger partial charge in [0, 0.05) is 39.3 Å². The molecule has 0 aromatic rings. The van der Waals surface area contributed by atoms with Gasteiger partial charge in [-0.2, -0.15) is 0 Å². The molecule has 0 unspecified atom stereocenters. The van der Waals surface area contributed by atoms with Crippen molar-refractivity contribution in [3.8, 4) is 0 Å². The smallest absolute Gasteiger partial charge is 0.324 e. The lowest BCUT2D eigenvalue weighted by atomic mass is 10.0. The SMILES string of the molecule is CCCCN1CCC(NC(=NC)NCCN2C(=O)CNC2=O)CC1. The number of unbranched alkanes of at least 4 members (excludes halogenated alkanes) is 1. The summed E-state index contributed by atoms with van der Waals surface area (Å²) in [6.45, 7) is 6.61. The first kappa shape index (κ1) is 18.5. The number of hydrogen-bond donors (Lipinski definition) is 3. The minimum Gasteiger partial charge on any atom is -0.355 e. The highest BCUT2D eigenvalue weighted by Crippen LogP contribution is 2.11. The van der Waals surface area contributed by atoms with E-state index in [4.69, 9.17) is 0 Å². The van der Waals surface area contributed by atoms with E-state index in [1.54, 1.807) is 7.05 Å². The van der Waals surface area contributed by atoms with Gasteiger partial charge in [0.15, 0.2) is 5.96 Å². The molecule has 24 heavy (non-hydrogen) atoms. The fourth-order valence-corrected chi connectivity index (χ4v) is 3.04. The molecule has 0 aromatic carbocycles. The Labute approximate surface area is 144 Å². The molecule has 2 heterocycles. The fourth-order valence-electron chi connectivity index (χ4n) is 3.04. The van der Waals surface area contributed by atoms with Crippen LogP contribution in [0.15, 0.2) is 4.99 Å². The summed E-state index contributed by atoms with van der Waals surface area (Å²) < 4.78 is 0. The molecule has 0 saturated carbocycles. The van der Waals surface area contributed by atoms with Crippen LogP contribution in [0.25, 0.3) is 0 Å². The first-order valence-electron chi connectivity index (χ1n) is 8.91. The Morgan fingerprint density at radius 2 is 2.04 bits per heavy atom. The lowest BCUT2D eigenvalue weighted by Crippen LogP contribution is -2.50. The maximum atomic E-state index is 11.5. The number of rotatable bonds is 7. The van der Waals surface area contributed by atoms with E-state index in [9.17, 15) is 9.59 Å². The highest BCUT2D eigenvalue weighted by molar-refractivity contribution is 6.01. The quantitative estimate of drug-likeness (QED) is 0.345. The number of nitrogens with one attached hydrogen (secondary N) is 3. The van der Waals surface area contributed by atoms with Crippen molar-refractivity contribution in [1.29, 1.82) is 0 Å². The molecular weight excluding hydrogens is 308 g/mol. The monoisotopic (exact) mass is 338 g/mol. The average Bonchev–Trinajstić information content (AvgIpc) is 2.92. The number of amides is 3. The van der Waals surface area contributed by atoms with E-state index in [1.807, 2.05) is 0 Å². The lowest BCUT2D eigenvalue weighted by Gasteiger charge is -2.33. The third kappa shape index (κ3) is 5.36. The van der Waals surface area contributed by atoms with Crippen LogP contribution in [0.2, 0.25) is 0 Å². The Kier molecular flexibility index (Phi) is 7.30. The topological polar surface area (TPSA) is 89.1 Å². The molecule has 136 valence electrons. The number of likely N-dealkylation sites (tertiary alicyclic amines) is 1. The Hall–Kier alpha value is -1.83. The number of piperidine rings is 1. The van der Waals surface area contributed by atoms with Crippen molar-refractivity contribution in [3.05, 3.63) is 0 Å². The molecule has 0 radical (unpaired) electrons. The first-order chi connectivity index (χ1) is 11.6. The largest absolute Gasteiger partial charge is 0.355 e.